The van der Waals surface area contributed by atoms with Crippen LogP contribution < -0.4 is 5.73 Å². The normalized spacial score (nSPS) is 13.4. The third-order valence-corrected chi connectivity index (χ3v) is 16.3. The Morgan fingerprint density at radius 3 is 1.00 bits per heavy atom. The van der Waals surface area contributed by atoms with Gasteiger partial charge in [0.15, 0.2) is 6.10 Å². The minimum Gasteiger partial charge on any atom is -0.462 e. The Morgan fingerprint density at radius 1 is 0.378 bits per heavy atom. The minimum absolute atomic E-state index is 0.0552. The van der Waals surface area contributed by atoms with Crippen molar-refractivity contribution in [2.45, 2.75) is 347 Å². The number of hydrogen-bond donors (Lipinski definition) is 2. The van der Waals surface area contributed by atoms with E-state index < -0.39 is 26.5 Å². The molecule has 10 heteroatoms. The predicted molar refractivity (Wildman–Crippen MR) is 353 cm³/mol. The van der Waals surface area contributed by atoms with Crippen LogP contribution >= 0.6 is 7.82 Å². The minimum atomic E-state index is -4.39. The number of ether oxygens (including phenoxy) is 2. The Hall–Kier alpha value is -2.55. The summed E-state index contributed by atoms with van der Waals surface area (Å²) in [6.07, 6.45) is 88.6. The van der Waals surface area contributed by atoms with Crippen molar-refractivity contribution in [1.29, 1.82) is 0 Å². The summed E-state index contributed by atoms with van der Waals surface area (Å²) in [5.74, 6) is -0.808. The smallest absolute Gasteiger partial charge is 0.462 e. The summed E-state index contributed by atoms with van der Waals surface area (Å²) in [6, 6.07) is 0. The molecule has 0 aliphatic carbocycles. The van der Waals surface area contributed by atoms with Crippen molar-refractivity contribution >= 4 is 19.8 Å². The largest absolute Gasteiger partial charge is 0.472 e. The fourth-order valence-electron chi connectivity index (χ4n) is 10.2. The van der Waals surface area contributed by atoms with Crippen molar-refractivity contribution < 1.29 is 37.6 Å². The number of esters is 2. The molecule has 0 aliphatic heterocycles. The number of carbonyl (C=O) groups excluding carboxylic acids is 2. The molecule has 0 aliphatic rings. The summed E-state index contributed by atoms with van der Waals surface area (Å²) in [7, 11) is -4.39. The topological polar surface area (TPSA) is 134 Å². The van der Waals surface area contributed by atoms with Gasteiger partial charge in [0.25, 0.3) is 0 Å². The van der Waals surface area contributed by atoms with Crippen LogP contribution in [0.4, 0.5) is 0 Å². The highest BCUT2D eigenvalue weighted by Gasteiger charge is 2.26. The Morgan fingerprint density at radius 2 is 0.671 bits per heavy atom. The van der Waals surface area contributed by atoms with Crippen LogP contribution in [0.15, 0.2) is 72.9 Å². The van der Waals surface area contributed by atoms with Crippen LogP contribution in [-0.4, -0.2) is 49.3 Å². The highest BCUT2D eigenvalue weighted by atomic mass is 31.2. The molecule has 0 aromatic heterocycles. The van der Waals surface area contributed by atoms with Gasteiger partial charge in [-0.25, -0.2) is 4.57 Å². The molecule has 82 heavy (non-hydrogen) atoms. The Labute approximate surface area is 507 Å². The first kappa shape index (κ1) is 79.5. The van der Waals surface area contributed by atoms with Crippen molar-refractivity contribution in [2.24, 2.45) is 5.73 Å². The first-order chi connectivity index (χ1) is 40.3. The van der Waals surface area contributed by atoms with Gasteiger partial charge in [-0.3, -0.25) is 18.6 Å². The summed E-state index contributed by atoms with van der Waals surface area (Å²) in [5, 5.41) is 0. The summed E-state index contributed by atoms with van der Waals surface area (Å²) in [5.41, 5.74) is 5.40. The van der Waals surface area contributed by atoms with E-state index in [1.165, 1.54) is 238 Å². The first-order valence-electron chi connectivity index (χ1n) is 34.9. The molecule has 0 aromatic rings. The van der Waals surface area contributed by atoms with E-state index >= 15 is 0 Å². The molecule has 0 heterocycles. The number of phosphoric ester groups is 1. The van der Waals surface area contributed by atoms with E-state index in [4.69, 9.17) is 24.3 Å². The van der Waals surface area contributed by atoms with Gasteiger partial charge in [-0.05, 0) is 64.2 Å². The molecule has 0 aromatic carbocycles. The second-order valence-corrected chi connectivity index (χ2v) is 24.8. The van der Waals surface area contributed by atoms with Crippen LogP contribution in [0.25, 0.3) is 0 Å². The van der Waals surface area contributed by atoms with Gasteiger partial charge >= 0.3 is 19.8 Å². The van der Waals surface area contributed by atoms with Gasteiger partial charge in [0.2, 0.25) is 0 Å². The van der Waals surface area contributed by atoms with Crippen LogP contribution in [-0.2, 0) is 32.7 Å². The van der Waals surface area contributed by atoms with E-state index in [1.54, 1.807) is 0 Å². The van der Waals surface area contributed by atoms with Gasteiger partial charge in [-0.1, -0.05) is 337 Å². The van der Waals surface area contributed by atoms with E-state index in [0.29, 0.717) is 6.42 Å². The van der Waals surface area contributed by atoms with Crippen LogP contribution in [0.3, 0.4) is 0 Å². The fourth-order valence-corrected chi connectivity index (χ4v) is 11.0. The summed E-state index contributed by atoms with van der Waals surface area (Å²) in [6.45, 7) is 3.69. The number of rotatable bonds is 66. The van der Waals surface area contributed by atoms with Crippen molar-refractivity contribution in [3.8, 4) is 0 Å². The summed E-state index contributed by atoms with van der Waals surface area (Å²) < 4.78 is 33.2. The molecule has 0 radical (unpaired) electrons. The summed E-state index contributed by atoms with van der Waals surface area (Å²) in [4.78, 5) is 35.3. The lowest BCUT2D eigenvalue weighted by atomic mass is 10.0. The average Bonchev–Trinajstić information content (AvgIpc) is 3.47. The maximum absolute atomic E-state index is 12.8. The van der Waals surface area contributed by atoms with E-state index in [0.717, 1.165) is 70.6 Å². The Bertz CT molecular complexity index is 1570. The van der Waals surface area contributed by atoms with Crippen molar-refractivity contribution in [3.05, 3.63) is 72.9 Å². The lowest BCUT2D eigenvalue weighted by Crippen LogP contribution is -2.29. The molecular weight excluding hydrogens is 1040 g/mol. The molecule has 2 atom stereocenters. The molecule has 478 valence electrons. The molecule has 0 rings (SSSR count). The monoisotopic (exact) mass is 1170 g/mol. The van der Waals surface area contributed by atoms with E-state index in [9.17, 15) is 19.0 Å². The van der Waals surface area contributed by atoms with Gasteiger partial charge in [0.1, 0.15) is 6.61 Å². The zero-order valence-electron chi connectivity index (χ0n) is 53.7. The van der Waals surface area contributed by atoms with Crippen molar-refractivity contribution in [3.63, 3.8) is 0 Å². The molecule has 0 fully saturated rings. The number of phosphoric acid groups is 1. The molecule has 0 spiro atoms. The predicted octanol–water partition coefficient (Wildman–Crippen LogP) is 22.8. The number of hydrogen-bond acceptors (Lipinski definition) is 8. The lowest BCUT2D eigenvalue weighted by Gasteiger charge is -2.19. The van der Waals surface area contributed by atoms with Gasteiger partial charge in [0.05, 0.1) is 13.2 Å². The average molecular weight is 1170 g/mol. The Balaban J connectivity index is 3.78. The first-order valence-corrected chi connectivity index (χ1v) is 36.4. The van der Waals surface area contributed by atoms with Gasteiger partial charge in [0, 0.05) is 19.4 Å². The van der Waals surface area contributed by atoms with Crippen LogP contribution in [0.1, 0.15) is 341 Å². The molecule has 0 amide bonds. The number of unbranched alkanes of at least 4 members (excludes halogenated alkanes) is 41. The lowest BCUT2D eigenvalue weighted by molar-refractivity contribution is -0.161. The molecular formula is C72H132NO8P. The van der Waals surface area contributed by atoms with E-state index in [1.807, 2.05) is 0 Å². The molecule has 0 saturated carbocycles. The molecule has 2 unspecified atom stereocenters. The van der Waals surface area contributed by atoms with Crippen molar-refractivity contribution in [1.82, 2.24) is 0 Å². The standard InChI is InChI=1S/C72H132NO8P/c1-3-5-7-9-11-13-15-17-19-21-23-25-26-27-28-29-30-31-32-33-34-35-36-37-38-39-40-41-42-43-44-45-47-49-51-53-55-57-59-61-63-65-72(75)81-70(69-80-82(76,77)79-67-66-73)68-78-71(74)64-62-60-58-56-54-52-50-48-46-24-22-20-18-16-14-12-10-8-6-4-2/h5,7,11,13,17,19,23,25,27-28,30-31,70H,3-4,6,8-10,12,14-16,18,20-22,24,26,29,32-69,73H2,1-2H3,(H,76,77)/b7-5-,13-11-,19-17-,25-23-,28-27-,31-30-. The van der Waals surface area contributed by atoms with Gasteiger partial charge < -0.3 is 20.1 Å². The van der Waals surface area contributed by atoms with Gasteiger partial charge in [-0.15, -0.1) is 0 Å². The van der Waals surface area contributed by atoms with Crippen LogP contribution in [0.5, 0.6) is 0 Å². The SMILES string of the molecule is CC/C=C\C/C=C\C/C=C\C/C=C\C/C=C\C/C=C\CCCCCCCCCCCCCCCCCCCCCCCCC(=O)OC(COC(=O)CCCCCCCCCCCCCCCCCCCCCC)COP(=O)(O)OCCN. The zero-order valence-corrected chi connectivity index (χ0v) is 54.6. The van der Waals surface area contributed by atoms with E-state index in [-0.39, 0.29) is 38.6 Å². The second-order valence-electron chi connectivity index (χ2n) is 23.4. The zero-order chi connectivity index (χ0) is 59.4. The van der Waals surface area contributed by atoms with Gasteiger partial charge in [-0.2, -0.15) is 0 Å². The van der Waals surface area contributed by atoms with Crippen LogP contribution in [0.2, 0.25) is 0 Å². The quantitative estimate of drug-likeness (QED) is 0.0264. The molecule has 0 bridgehead atoms. The molecule has 0 saturated heterocycles. The third-order valence-electron chi connectivity index (χ3n) is 15.4. The van der Waals surface area contributed by atoms with Crippen molar-refractivity contribution in [2.75, 3.05) is 26.4 Å². The highest BCUT2D eigenvalue weighted by Crippen LogP contribution is 2.43. The Kier molecular flexibility index (Phi) is 65.5. The molecule has 9 nitrogen and oxygen atoms in total. The fraction of sp³-hybridized carbons (Fsp3) is 0.806. The highest BCUT2D eigenvalue weighted by molar-refractivity contribution is 7.47. The number of nitrogens with two attached hydrogens (primary N) is 1. The maximum Gasteiger partial charge on any atom is 0.472 e. The third kappa shape index (κ3) is 66.6. The number of allylic oxidation sites excluding steroid dienone is 12. The second kappa shape index (κ2) is 67.6. The van der Waals surface area contributed by atoms with Crippen LogP contribution in [0, 0.1) is 0 Å². The summed E-state index contributed by atoms with van der Waals surface area (Å²) >= 11 is 0. The maximum atomic E-state index is 12.8. The molecule has 3 N–H and O–H groups in total. The van der Waals surface area contributed by atoms with E-state index in [2.05, 4.69) is 86.8 Å². The number of carbonyl (C=O) groups is 2.